The second kappa shape index (κ2) is 11.1. The van der Waals surface area contributed by atoms with E-state index in [1.807, 2.05) is 62.4 Å². The van der Waals surface area contributed by atoms with Crippen LogP contribution in [0.3, 0.4) is 0 Å². The Morgan fingerprint density at radius 3 is 2.46 bits per heavy atom. The molecule has 0 radical (unpaired) electrons. The van der Waals surface area contributed by atoms with E-state index in [0.717, 1.165) is 5.56 Å². The van der Waals surface area contributed by atoms with Gasteiger partial charge in [0.2, 0.25) is 5.90 Å². The number of carbonyl (C=O) groups excluding carboxylic acids is 2. The molecule has 2 aromatic carbocycles. The van der Waals surface area contributed by atoms with Crippen LogP contribution in [0.1, 0.15) is 59.8 Å². The summed E-state index contributed by atoms with van der Waals surface area (Å²) in [5.41, 5.74) is 1.19. The van der Waals surface area contributed by atoms with Crippen molar-refractivity contribution in [1.82, 2.24) is 4.90 Å². The number of nitrogens with zero attached hydrogens (tertiary/aromatic N) is 2. The molecule has 246 valence electrons. The number of ether oxygens (including phenoxy) is 1. The molecule has 0 spiro atoms. The van der Waals surface area contributed by atoms with Crippen LogP contribution >= 0.6 is 0 Å². The van der Waals surface area contributed by atoms with E-state index in [1.165, 1.54) is 6.07 Å². The molecule has 1 fully saturated rings. The predicted octanol–water partition coefficient (Wildman–Crippen LogP) is 6.45. The molecule has 1 heterocycles. The minimum atomic E-state index is -2.80. The summed E-state index contributed by atoms with van der Waals surface area (Å²) in [7, 11) is 1.01. The number of aliphatic hydroxyl groups is 1. The lowest BCUT2D eigenvalue weighted by atomic mass is 9.56. The number of hydrogen-bond donors (Lipinski definition) is 1. The van der Waals surface area contributed by atoms with Gasteiger partial charge in [0.05, 0.1) is 6.04 Å². The number of fused-ring (bicyclic) bond motifs is 4. The molecule has 46 heavy (non-hydrogen) atoms. The van der Waals surface area contributed by atoms with Crippen LogP contribution < -0.4 is 0 Å². The van der Waals surface area contributed by atoms with Crippen LogP contribution in [-0.4, -0.2) is 67.6 Å². The summed E-state index contributed by atoms with van der Waals surface area (Å²) in [4.78, 5) is 37.7. The highest BCUT2D eigenvalue weighted by atomic mass is 28.4. The maximum atomic E-state index is 15.4. The van der Waals surface area contributed by atoms with Crippen LogP contribution in [0.2, 0.25) is 18.1 Å². The van der Waals surface area contributed by atoms with Gasteiger partial charge in [-0.2, -0.15) is 0 Å². The zero-order chi connectivity index (χ0) is 33.5. The summed E-state index contributed by atoms with van der Waals surface area (Å²) in [6.07, 6.45) is -0.130. The van der Waals surface area contributed by atoms with Gasteiger partial charge in [-0.15, -0.1) is 0 Å². The number of allylic oxidation sites excluding steroid dienone is 1. The number of ketones is 2. The van der Waals surface area contributed by atoms with Crippen molar-refractivity contribution < 1.29 is 33.1 Å². The summed E-state index contributed by atoms with van der Waals surface area (Å²) in [6.45, 7) is 14.1. The maximum Gasteiger partial charge on any atom is 0.240 e. The molecule has 0 saturated heterocycles. The van der Waals surface area contributed by atoms with Crippen LogP contribution in [0, 0.1) is 37.4 Å². The topological polar surface area (TPSA) is 97.7 Å². The van der Waals surface area contributed by atoms with E-state index in [0.29, 0.717) is 23.1 Å². The third-order valence-electron chi connectivity index (χ3n) is 11.2. The Kier molecular flexibility index (Phi) is 7.89. The smallest absolute Gasteiger partial charge is 0.240 e. The van der Waals surface area contributed by atoms with Crippen molar-refractivity contribution in [2.75, 3.05) is 14.1 Å². The number of Topliss-reactive ketones (excluding diaryl/α,β-unsaturated/α-hetero) is 2. The molecule has 1 N–H and O–H groups in total. The van der Waals surface area contributed by atoms with Gasteiger partial charge in [-0.1, -0.05) is 56.3 Å². The van der Waals surface area contributed by atoms with Gasteiger partial charge in [-0.3, -0.25) is 9.59 Å². The summed E-state index contributed by atoms with van der Waals surface area (Å²) in [6, 6.07) is 10.6. The molecular weight excluding hydrogens is 603 g/mol. The summed E-state index contributed by atoms with van der Waals surface area (Å²) < 4.78 is 28.8. The average Bonchev–Trinajstić information content (AvgIpc) is 3.39. The molecule has 0 bridgehead atoms. The SMILES string of the molecule is Cc1cc(F)c2c(c1C)C(=O)C1=C(O)[C@]3(O[Si](C)(C)C(C)(C)C)C(=O)C4C(OCc5ccccc5)=NOC4[C@@H](N(C)C)[C@@H]3C[C@@H]1C2. The van der Waals surface area contributed by atoms with Crippen molar-refractivity contribution in [2.24, 2.45) is 22.9 Å². The largest absolute Gasteiger partial charge is 0.508 e. The minimum absolute atomic E-state index is 0.135. The van der Waals surface area contributed by atoms with Gasteiger partial charge in [0, 0.05) is 17.1 Å². The van der Waals surface area contributed by atoms with Crippen molar-refractivity contribution in [1.29, 1.82) is 0 Å². The van der Waals surface area contributed by atoms with Crippen LogP contribution in [0.4, 0.5) is 4.39 Å². The van der Waals surface area contributed by atoms with Crippen molar-refractivity contribution >= 4 is 25.8 Å². The molecule has 8 nitrogen and oxygen atoms in total. The summed E-state index contributed by atoms with van der Waals surface area (Å²) in [5.74, 6) is -3.55. The Morgan fingerprint density at radius 2 is 1.83 bits per heavy atom. The van der Waals surface area contributed by atoms with Crippen LogP contribution in [0.25, 0.3) is 0 Å². The highest BCUT2D eigenvalue weighted by molar-refractivity contribution is 6.74. The molecule has 6 atom stereocenters. The Balaban J connectivity index is 1.55. The van der Waals surface area contributed by atoms with Crippen molar-refractivity contribution in [3.8, 4) is 0 Å². The van der Waals surface area contributed by atoms with Gasteiger partial charge in [0.1, 0.15) is 24.1 Å². The molecule has 1 saturated carbocycles. The fourth-order valence-corrected chi connectivity index (χ4v) is 9.18. The lowest BCUT2D eigenvalue weighted by Crippen LogP contribution is -2.72. The lowest BCUT2D eigenvalue weighted by Gasteiger charge is -2.57. The number of hydrogen-bond acceptors (Lipinski definition) is 8. The Morgan fingerprint density at radius 1 is 1.15 bits per heavy atom. The maximum absolute atomic E-state index is 15.4. The summed E-state index contributed by atoms with van der Waals surface area (Å²) in [5, 5.41) is 16.6. The Hall–Kier alpha value is -3.34. The van der Waals surface area contributed by atoms with Gasteiger partial charge in [-0.05, 0) is 93.2 Å². The first-order valence-electron chi connectivity index (χ1n) is 16.1. The second-order valence-corrected chi connectivity index (χ2v) is 19.9. The van der Waals surface area contributed by atoms with E-state index >= 15 is 9.18 Å². The number of aliphatic hydroxyl groups excluding tert-OH is 1. The first-order valence-corrected chi connectivity index (χ1v) is 19.0. The molecule has 10 heteroatoms. The zero-order valence-electron chi connectivity index (χ0n) is 28.2. The standard InChI is InChI=1S/C36H45FN2O6Si/c1-19-15-25(37)23-16-22-17-24-29(39(6)7)31-28(34(38-44-31)43-18-21-13-11-10-12-14-21)33(42)36(24,45-46(8,9)35(3,4)5)32(41)27(22)30(40)26(23)20(19)2/h10-15,22,24,28-29,31,41H,16-18H2,1-9H3/t22-,24-,28?,29-,31?,36-/m0/s1. The average molecular weight is 649 g/mol. The Bertz CT molecular complexity index is 1660. The quantitative estimate of drug-likeness (QED) is 0.373. The molecule has 1 aliphatic heterocycles. The van der Waals surface area contributed by atoms with Crippen molar-refractivity contribution in [3.05, 3.63) is 81.4 Å². The fourth-order valence-electron chi connectivity index (χ4n) is 7.72. The van der Waals surface area contributed by atoms with Gasteiger partial charge in [0.25, 0.3) is 0 Å². The lowest BCUT2D eigenvalue weighted by molar-refractivity contribution is -0.170. The molecule has 0 aromatic heterocycles. The normalized spacial score (nSPS) is 29.1. The molecule has 4 aliphatic rings. The van der Waals surface area contributed by atoms with E-state index in [4.69, 9.17) is 14.0 Å². The fraction of sp³-hybridized carbons (Fsp3) is 0.528. The second-order valence-electron chi connectivity index (χ2n) is 15.2. The molecule has 6 rings (SSSR count). The molecule has 3 aliphatic carbocycles. The van der Waals surface area contributed by atoms with Crippen molar-refractivity contribution in [2.45, 2.75) is 89.9 Å². The van der Waals surface area contributed by atoms with Crippen LogP contribution in [0.5, 0.6) is 0 Å². The van der Waals surface area contributed by atoms with Crippen molar-refractivity contribution in [3.63, 3.8) is 0 Å². The van der Waals surface area contributed by atoms with Crippen LogP contribution in [-0.2, 0) is 31.8 Å². The Labute approximate surface area is 271 Å². The third kappa shape index (κ3) is 4.78. The van der Waals surface area contributed by atoms with Gasteiger partial charge >= 0.3 is 0 Å². The number of oxime groups is 1. The minimum Gasteiger partial charge on any atom is -0.508 e. The molecule has 2 unspecified atom stereocenters. The number of carbonyl (C=O) groups is 2. The van der Waals surface area contributed by atoms with E-state index < -0.39 is 61.2 Å². The van der Waals surface area contributed by atoms with E-state index in [1.54, 1.807) is 13.8 Å². The zero-order valence-corrected chi connectivity index (χ0v) is 29.2. The van der Waals surface area contributed by atoms with E-state index in [-0.39, 0.29) is 40.9 Å². The predicted molar refractivity (Wildman–Crippen MR) is 176 cm³/mol. The molecular formula is C36H45FN2O6Si. The monoisotopic (exact) mass is 648 g/mol. The summed E-state index contributed by atoms with van der Waals surface area (Å²) >= 11 is 0. The van der Waals surface area contributed by atoms with Crippen LogP contribution in [0.15, 0.2) is 52.9 Å². The number of likely N-dealkylation sites (N-methyl/N-ethyl adjacent to an activating group) is 1. The highest BCUT2D eigenvalue weighted by Gasteiger charge is 2.71. The van der Waals surface area contributed by atoms with Gasteiger partial charge in [-0.25, -0.2) is 4.39 Å². The number of rotatable bonds is 5. The van der Waals surface area contributed by atoms with E-state index in [2.05, 4.69) is 25.9 Å². The highest BCUT2D eigenvalue weighted by Crippen LogP contribution is 2.57. The third-order valence-corrected chi connectivity index (χ3v) is 15.6. The number of halogens is 1. The van der Waals surface area contributed by atoms with Gasteiger partial charge < -0.3 is 24.0 Å². The molecule has 2 aromatic rings. The van der Waals surface area contributed by atoms with E-state index in [9.17, 15) is 9.90 Å². The first kappa shape index (κ1) is 32.6. The van der Waals surface area contributed by atoms with Gasteiger partial charge in [0.15, 0.2) is 31.6 Å². The first-order chi connectivity index (χ1) is 21.5. The number of benzene rings is 2. The number of aryl methyl sites for hydroxylation is 1. The molecule has 0 amide bonds.